The van der Waals surface area contributed by atoms with Crippen molar-refractivity contribution in [1.29, 1.82) is 0 Å². The molecule has 1 heterocycles. The molecular weight excluding hydrogens is 285 g/mol. The molecule has 3 nitrogen and oxygen atoms in total. The van der Waals surface area contributed by atoms with Crippen molar-refractivity contribution in [2.45, 2.75) is 25.4 Å². The summed E-state index contributed by atoms with van der Waals surface area (Å²) in [5.41, 5.74) is 0. The lowest BCUT2D eigenvalue weighted by molar-refractivity contribution is 0.197. The molecule has 1 fully saturated rings. The number of rotatable bonds is 6. The van der Waals surface area contributed by atoms with Gasteiger partial charge in [0.25, 0.3) is 0 Å². The van der Waals surface area contributed by atoms with Gasteiger partial charge in [-0.05, 0) is 37.9 Å². The Morgan fingerprint density at radius 3 is 2.84 bits per heavy atom. The number of hydrogen-bond acceptors (Lipinski definition) is 3. The molecule has 1 unspecified atom stereocenters. The van der Waals surface area contributed by atoms with E-state index in [4.69, 9.17) is 33.0 Å². The fourth-order valence-corrected chi connectivity index (χ4v) is 2.57. The third-order valence-electron chi connectivity index (χ3n) is 3.31. The Morgan fingerprint density at radius 2 is 2.11 bits per heavy atom. The predicted molar refractivity (Wildman–Crippen MR) is 78.3 cm³/mol. The molecule has 19 heavy (non-hydrogen) atoms. The highest BCUT2D eigenvalue weighted by Crippen LogP contribution is 2.28. The Hall–Kier alpha value is -0.480. The van der Waals surface area contributed by atoms with Gasteiger partial charge in [-0.25, -0.2) is 0 Å². The number of halogens is 2. The SMILES string of the molecule is OCCCCN1CCC(Oc2ccc(Cl)c(Cl)c2)C1. The number of unbranched alkanes of at least 4 members (excludes halogenated alkanes) is 1. The molecule has 0 spiro atoms. The second-order valence-electron chi connectivity index (χ2n) is 4.84. The minimum absolute atomic E-state index is 0.214. The molecule has 0 aliphatic carbocycles. The highest BCUT2D eigenvalue weighted by molar-refractivity contribution is 6.42. The van der Waals surface area contributed by atoms with Crippen molar-refractivity contribution in [2.75, 3.05) is 26.2 Å². The minimum atomic E-state index is 0.214. The summed E-state index contributed by atoms with van der Waals surface area (Å²) >= 11 is 11.8. The van der Waals surface area contributed by atoms with Crippen LogP contribution in [-0.2, 0) is 0 Å². The fraction of sp³-hybridized carbons (Fsp3) is 0.571. The van der Waals surface area contributed by atoms with E-state index < -0.39 is 0 Å². The van der Waals surface area contributed by atoms with Crippen molar-refractivity contribution in [2.24, 2.45) is 0 Å². The molecule has 0 bridgehead atoms. The van der Waals surface area contributed by atoms with Gasteiger partial charge in [-0.1, -0.05) is 23.2 Å². The summed E-state index contributed by atoms with van der Waals surface area (Å²) in [6.45, 7) is 3.29. The van der Waals surface area contributed by atoms with Crippen LogP contribution in [0.25, 0.3) is 0 Å². The molecular formula is C14H19Cl2NO2. The normalized spacial score (nSPS) is 19.8. The van der Waals surface area contributed by atoms with Crippen molar-refractivity contribution in [3.8, 4) is 5.75 Å². The van der Waals surface area contributed by atoms with Crippen LogP contribution in [0.2, 0.25) is 10.0 Å². The maximum atomic E-state index is 8.77. The van der Waals surface area contributed by atoms with E-state index in [2.05, 4.69) is 4.90 Å². The predicted octanol–water partition coefficient (Wildman–Crippen LogP) is 3.22. The first-order valence-electron chi connectivity index (χ1n) is 6.64. The zero-order valence-corrected chi connectivity index (χ0v) is 12.3. The molecule has 2 rings (SSSR count). The summed E-state index contributed by atoms with van der Waals surface area (Å²) in [5.74, 6) is 0.775. The molecule has 1 aromatic carbocycles. The minimum Gasteiger partial charge on any atom is -0.489 e. The third kappa shape index (κ3) is 4.53. The van der Waals surface area contributed by atoms with E-state index >= 15 is 0 Å². The lowest BCUT2D eigenvalue weighted by Gasteiger charge is -2.16. The van der Waals surface area contributed by atoms with Crippen molar-refractivity contribution in [3.05, 3.63) is 28.2 Å². The maximum absolute atomic E-state index is 8.77. The summed E-state index contributed by atoms with van der Waals surface area (Å²) in [6.07, 6.45) is 3.15. The topological polar surface area (TPSA) is 32.7 Å². The van der Waals surface area contributed by atoms with Gasteiger partial charge < -0.3 is 9.84 Å². The average molecular weight is 304 g/mol. The van der Waals surface area contributed by atoms with E-state index in [1.54, 1.807) is 12.1 Å². The molecule has 1 atom stereocenters. The Balaban J connectivity index is 1.79. The van der Waals surface area contributed by atoms with Gasteiger partial charge in [0.1, 0.15) is 11.9 Å². The highest BCUT2D eigenvalue weighted by atomic mass is 35.5. The number of aliphatic hydroxyl groups excluding tert-OH is 1. The van der Waals surface area contributed by atoms with E-state index in [0.717, 1.165) is 44.6 Å². The first-order valence-corrected chi connectivity index (χ1v) is 7.39. The molecule has 1 aliphatic rings. The fourth-order valence-electron chi connectivity index (χ4n) is 2.29. The number of benzene rings is 1. The molecule has 0 amide bonds. The molecule has 106 valence electrons. The molecule has 1 N–H and O–H groups in total. The summed E-state index contributed by atoms with van der Waals surface area (Å²) in [7, 11) is 0. The van der Waals surface area contributed by atoms with Crippen LogP contribution in [0.5, 0.6) is 5.75 Å². The van der Waals surface area contributed by atoms with Gasteiger partial charge in [0.15, 0.2) is 0 Å². The summed E-state index contributed by atoms with van der Waals surface area (Å²) in [6, 6.07) is 5.37. The van der Waals surface area contributed by atoms with Crippen LogP contribution >= 0.6 is 23.2 Å². The second kappa shape index (κ2) is 7.34. The van der Waals surface area contributed by atoms with Crippen LogP contribution in [0.4, 0.5) is 0 Å². The molecule has 0 aromatic heterocycles. The molecule has 5 heteroatoms. The van der Waals surface area contributed by atoms with Crippen LogP contribution in [0, 0.1) is 0 Å². The zero-order valence-electron chi connectivity index (χ0n) is 10.8. The van der Waals surface area contributed by atoms with E-state index in [1.807, 2.05) is 6.07 Å². The van der Waals surface area contributed by atoms with Crippen LogP contribution in [0.1, 0.15) is 19.3 Å². The van der Waals surface area contributed by atoms with Gasteiger partial charge in [0, 0.05) is 25.8 Å². The lowest BCUT2D eigenvalue weighted by atomic mass is 10.3. The monoisotopic (exact) mass is 303 g/mol. The Bertz CT molecular complexity index is 414. The number of likely N-dealkylation sites (tertiary alicyclic amines) is 1. The van der Waals surface area contributed by atoms with Crippen LogP contribution in [0.3, 0.4) is 0 Å². The lowest BCUT2D eigenvalue weighted by Crippen LogP contribution is -2.25. The second-order valence-corrected chi connectivity index (χ2v) is 5.65. The van der Waals surface area contributed by atoms with Crippen molar-refractivity contribution in [3.63, 3.8) is 0 Å². The van der Waals surface area contributed by atoms with E-state index in [0.29, 0.717) is 10.0 Å². The Morgan fingerprint density at radius 1 is 1.26 bits per heavy atom. The zero-order chi connectivity index (χ0) is 13.7. The van der Waals surface area contributed by atoms with Crippen molar-refractivity contribution >= 4 is 23.2 Å². The van der Waals surface area contributed by atoms with E-state index in [-0.39, 0.29) is 12.7 Å². The number of aliphatic hydroxyl groups is 1. The summed E-state index contributed by atoms with van der Waals surface area (Å²) in [4.78, 5) is 2.37. The van der Waals surface area contributed by atoms with E-state index in [1.165, 1.54) is 0 Å². The Labute approximate surface area is 124 Å². The number of ether oxygens (including phenoxy) is 1. The third-order valence-corrected chi connectivity index (χ3v) is 4.04. The maximum Gasteiger partial charge on any atom is 0.121 e. The van der Waals surface area contributed by atoms with Crippen molar-refractivity contribution < 1.29 is 9.84 Å². The average Bonchev–Trinajstić information content (AvgIpc) is 2.82. The van der Waals surface area contributed by atoms with Gasteiger partial charge in [0.05, 0.1) is 10.0 Å². The van der Waals surface area contributed by atoms with Crippen molar-refractivity contribution in [1.82, 2.24) is 4.90 Å². The van der Waals surface area contributed by atoms with Gasteiger partial charge in [-0.15, -0.1) is 0 Å². The smallest absolute Gasteiger partial charge is 0.121 e. The molecule has 1 aliphatic heterocycles. The number of nitrogens with zero attached hydrogens (tertiary/aromatic N) is 1. The first-order chi connectivity index (χ1) is 9.19. The van der Waals surface area contributed by atoms with Gasteiger partial charge >= 0.3 is 0 Å². The largest absolute Gasteiger partial charge is 0.489 e. The quantitative estimate of drug-likeness (QED) is 0.819. The van der Waals surface area contributed by atoms with Gasteiger partial charge in [-0.3, -0.25) is 4.90 Å². The Kier molecular flexibility index (Phi) is 5.76. The number of hydrogen-bond donors (Lipinski definition) is 1. The van der Waals surface area contributed by atoms with Gasteiger partial charge in [-0.2, -0.15) is 0 Å². The van der Waals surface area contributed by atoms with E-state index in [9.17, 15) is 0 Å². The molecule has 0 saturated carbocycles. The first kappa shape index (κ1) is 14.9. The van der Waals surface area contributed by atoms with Crippen LogP contribution < -0.4 is 4.74 Å². The van der Waals surface area contributed by atoms with Crippen LogP contribution in [-0.4, -0.2) is 42.4 Å². The summed E-state index contributed by atoms with van der Waals surface area (Å²) < 4.78 is 5.91. The molecule has 0 radical (unpaired) electrons. The standard InChI is InChI=1S/C14H19Cl2NO2/c15-13-4-3-11(9-14(13)16)19-12-5-7-17(10-12)6-1-2-8-18/h3-4,9,12,18H,1-2,5-8,10H2. The summed E-state index contributed by atoms with van der Waals surface area (Å²) in [5, 5.41) is 9.84. The molecule has 1 aromatic rings. The van der Waals surface area contributed by atoms with Gasteiger partial charge in [0.2, 0.25) is 0 Å². The highest BCUT2D eigenvalue weighted by Gasteiger charge is 2.23. The molecule has 1 saturated heterocycles. The van der Waals surface area contributed by atoms with Crippen LogP contribution in [0.15, 0.2) is 18.2 Å².